The van der Waals surface area contributed by atoms with Gasteiger partial charge in [-0.3, -0.25) is 0 Å². The van der Waals surface area contributed by atoms with E-state index in [0.717, 1.165) is 25.9 Å². The minimum absolute atomic E-state index is 0.409. The summed E-state index contributed by atoms with van der Waals surface area (Å²) >= 11 is 0. The van der Waals surface area contributed by atoms with Crippen LogP contribution in [0.2, 0.25) is 0 Å². The molecule has 14 heavy (non-hydrogen) atoms. The average molecular weight is 193 g/mol. The lowest BCUT2D eigenvalue weighted by Gasteiger charge is -2.34. The van der Waals surface area contributed by atoms with E-state index in [1.165, 1.54) is 5.70 Å². The molecular formula is C11H19N3. The van der Waals surface area contributed by atoms with E-state index in [-0.39, 0.29) is 0 Å². The summed E-state index contributed by atoms with van der Waals surface area (Å²) in [6, 6.07) is 0.872. The maximum Gasteiger partial charge on any atom is 0.0523 e. The Morgan fingerprint density at radius 2 is 2.14 bits per heavy atom. The molecule has 3 nitrogen and oxygen atoms in total. The molecule has 0 bridgehead atoms. The second-order valence-corrected chi connectivity index (χ2v) is 4.21. The molecule has 0 amide bonds. The van der Waals surface area contributed by atoms with Gasteiger partial charge in [-0.2, -0.15) is 0 Å². The maximum atomic E-state index is 5.87. The Balaban J connectivity index is 1.93. The Morgan fingerprint density at radius 3 is 2.71 bits per heavy atom. The molecule has 2 aliphatic rings. The Kier molecular flexibility index (Phi) is 2.77. The van der Waals surface area contributed by atoms with E-state index in [2.05, 4.69) is 35.5 Å². The topological polar surface area (TPSA) is 41.3 Å². The highest BCUT2D eigenvalue weighted by molar-refractivity contribution is 5.23. The van der Waals surface area contributed by atoms with Crippen LogP contribution in [0, 0.1) is 0 Å². The fourth-order valence-electron chi connectivity index (χ4n) is 1.92. The van der Waals surface area contributed by atoms with Crippen LogP contribution in [0.1, 0.15) is 19.8 Å². The molecule has 0 saturated carbocycles. The van der Waals surface area contributed by atoms with Gasteiger partial charge < -0.3 is 16.0 Å². The standard InChI is InChI=1S/C11H19N3/c1-9-2-3-11(8-13-9)14-6-4-10(12)5-7-14/h2-3,8-10,13H,4-7,12H2,1H3. The molecule has 0 aromatic heterocycles. The van der Waals surface area contributed by atoms with Gasteiger partial charge in [0.25, 0.3) is 0 Å². The van der Waals surface area contributed by atoms with Gasteiger partial charge in [-0.15, -0.1) is 0 Å². The molecule has 1 fully saturated rings. The number of nitrogens with one attached hydrogen (secondary N) is 1. The zero-order valence-electron chi connectivity index (χ0n) is 8.74. The molecule has 0 aromatic rings. The average Bonchev–Trinajstić information content (AvgIpc) is 2.21. The minimum Gasteiger partial charge on any atom is -0.383 e. The van der Waals surface area contributed by atoms with Crippen LogP contribution in [0.25, 0.3) is 0 Å². The summed E-state index contributed by atoms with van der Waals surface area (Å²) in [7, 11) is 0. The zero-order valence-corrected chi connectivity index (χ0v) is 8.74. The molecular weight excluding hydrogens is 174 g/mol. The number of dihydropyridines is 1. The number of rotatable bonds is 1. The summed E-state index contributed by atoms with van der Waals surface area (Å²) in [6.07, 6.45) is 8.74. The van der Waals surface area contributed by atoms with E-state index in [4.69, 9.17) is 5.73 Å². The van der Waals surface area contributed by atoms with Crippen molar-refractivity contribution in [2.45, 2.75) is 31.8 Å². The smallest absolute Gasteiger partial charge is 0.0523 e. The van der Waals surface area contributed by atoms with Gasteiger partial charge in [0.2, 0.25) is 0 Å². The van der Waals surface area contributed by atoms with Crippen molar-refractivity contribution in [1.82, 2.24) is 10.2 Å². The van der Waals surface area contributed by atoms with Crippen LogP contribution in [0.15, 0.2) is 24.0 Å². The van der Waals surface area contributed by atoms with Crippen molar-refractivity contribution in [3.05, 3.63) is 24.0 Å². The first-order valence-electron chi connectivity index (χ1n) is 5.40. The Hall–Kier alpha value is -0.960. The predicted molar refractivity (Wildman–Crippen MR) is 58.6 cm³/mol. The second-order valence-electron chi connectivity index (χ2n) is 4.21. The number of piperidine rings is 1. The molecule has 2 aliphatic heterocycles. The SMILES string of the molecule is CC1C=CC(N2CCC(N)CC2)=CN1. The van der Waals surface area contributed by atoms with Gasteiger partial charge in [0.15, 0.2) is 0 Å². The summed E-state index contributed by atoms with van der Waals surface area (Å²) in [4.78, 5) is 2.40. The first-order valence-corrected chi connectivity index (χ1v) is 5.40. The molecule has 1 atom stereocenters. The highest BCUT2D eigenvalue weighted by Gasteiger charge is 2.17. The van der Waals surface area contributed by atoms with Gasteiger partial charge in [-0.1, -0.05) is 6.08 Å². The molecule has 78 valence electrons. The van der Waals surface area contributed by atoms with Crippen LogP contribution in [0.3, 0.4) is 0 Å². The van der Waals surface area contributed by atoms with Crippen LogP contribution in [0.5, 0.6) is 0 Å². The lowest BCUT2D eigenvalue weighted by atomic mass is 10.1. The van der Waals surface area contributed by atoms with Crippen LogP contribution >= 0.6 is 0 Å². The zero-order chi connectivity index (χ0) is 9.97. The third kappa shape index (κ3) is 2.10. The quantitative estimate of drug-likeness (QED) is 0.647. The lowest BCUT2D eigenvalue weighted by molar-refractivity contribution is 0.268. The third-order valence-electron chi connectivity index (χ3n) is 2.95. The summed E-state index contributed by atoms with van der Waals surface area (Å²) in [5.41, 5.74) is 7.17. The fraction of sp³-hybridized carbons (Fsp3) is 0.636. The summed E-state index contributed by atoms with van der Waals surface area (Å²) in [5, 5.41) is 3.32. The lowest BCUT2D eigenvalue weighted by Crippen LogP contribution is -2.40. The first-order chi connectivity index (χ1) is 6.75. The molecule has 3 N–H and O–H groups in total. The molecule has 0 spiro atoms. The van der Waals surface area contributed by atoms with E-state index >= 15 is 0 Å². The fourth-order valence-corrected chi connectivity index (χ4v) is 1.92. The van der Waals surface area contributed by atoms with Gasteiger partial charge in [0.1, 0.15) is 0 Å². The largest absolute Gasteiger partial charge is 0.383 e. The summed E-state index contributed by atoms with van der Waals surface area (Å²) in [5.74, 6) is 0. The molecule has 1 unspecified atom stereocenters. The van der Waals surface area contributed by atoms with Crippen LogP contribution < -0.4 is 11.1 Å². The summed E-state index contributed by atoms with van der Waals surface area (Å²) in [6.45, 7) is 4.33. The first kappa shape index (κ1) is 9.59. The van der Waals surface area contributed by atoms with Gasteiger partial charge >= 0.3 is 0 Å². The molecule has 2 heterocycles. The van der Waals surface area contributed by atoms with E-state index in [9.17, 15) is 0 Å². The number of nitrogens with zero attached hydrogens (tertiary/aromatic N) is 1. The molecule has 1 saturated heterocycles. The molecule has 0 aromatic carbocycles. The highest BCUT2D eigenvalue weighted by atomic mass is 15.2. The Bertz CT molecular complexity index is 249. The predicted octanol–water partition coefficient (Wildman–Crippen LogP) is 0.799. The number of hydrogen-bond acceptors (Lipinski definition) is 3. The van der Waals surface area contributed by atoms with E-state index in [0.29, 0.717) is 12.1 Å². The van der Waals surface area contributed by atoms with Gasteiger partial charge in [0, 0.05) is 31.4 Å². The summed E-state index contributed by atoms with van der Waals surface area (Å²) < 4.78 is 0. The van der Waals surface area contributed by atoms with Crippen molar-refractivity contribution in [3.8, 4) is 0 Å². The van der Waals surface area contributed by atoms with Crippen LogP contribution in [-0.4, -0.2) is 30.1 Å². The van der Waals surface area contributed by atoms with Gasteiger partial charge in [-0.05, 0) is 25.8 Å². The molecule has 0 radical (unpaired) electrons. The van der Waals surface area contributed by atoms with Crippen molar-refractivity contribution in [1.29, 1.82) is 0 Å². The van der Waals surface area contributed by atoms with Crippen LogP contribution in [-0.2, 0) is 0 Å². The number of nitrogens with two attached hydrogens (primary N) is 1. The van der Waals surface area contributed by atoms with Crippen molar-refractivity contribution >= 4 is 0 Å². The number of allylic oxidation sites excluding steroid dienone is 1. The second kappa shape index (κ2) is 4.05. The number of hydrogen-bond donors (Lipinski definition) is 2. The van der Waals surface area contributed by atoms with Crippen molar-refractivity contribution in [3.63, 3.8) is 0 Å². The third-order valence-corrected chi connectivity index (χ3v) is 2.95. The Morgan fingerprint density at radius 1 is 1.43 bits per heavy atom. The van der Waals surface area contributed by atoms with E-state index in [1.54, 1.807) is 0 Å². The van der Waals surface area contributed by atoms with Gasteiger partial charge in [0.05, 0.1) is 5.70 Å². The van der Waals surface area contributed by atoms with Gasteiger partial charge in [-0.25, -0.2) is 0 Å². The molecule has 2 rings (SSSR count). The van der Waals surface area contributed by atoms with Crippen molar-refractivity contribution < 1.29 is 0 Å². The highest BCUT2D eigenvalue weighted by Crippen LogP contribution is 2.16. The normalized spacial score (nSPS) is 28.6. The van der Waals surface area contributed by atoms with Crippen molar-refractivity contribution in [2.24, 2.45) is 5.73 Å². The van der Waals surface area contributed by atoms with E-state index in [1.807, 2.05) is 0 Å². The van der Waals surface area contributed by atoms with Crippen LogP contribution in [0.4, 0.5) is 0 Å². The monoisotopic (exact) mass is 193 g/mol. The number of likely N-dealkylation sites (tertiary alicyclic amines) is 1. The maximum absolute atomic E-state index is 5.87. The van der Waals surface area contributed by atoms with Crippen molar-refractivity contribution in [2.75, 3.05) is 13.1 Å². The minimum atomic E-state index is 0.409. The Labute approximate surface area is 85.6 Å². The molecule has 3 heteroatoms. The van der Waals surface area contributed by atoms with E-state index < -0.39 is 0 Å². The molecule has 0 aliphatic carbocycles.